The van der Waals surface area contributed by atoms with Crippen LogP contribution in [0.25, 0.3) is 5.53 Å². The van der Waals surface area contributed by atoms with Gasteiger partial charge in [-0.1, -0.05) is 39.0 Å². The standard InChI is InChI=1S/C15H22N2O3SSi/c1-12(20-22(5,6)15(2,3)4)14(17-16)21(18,19)13-10-8-7-9-11-13/h7-11H,1H2,2-6H3. The largest absolute Gasteiger partial charge is 0.538 e. The summed E-state index contributed by atoms with van der Waals surface area (Å²) >= 11 is 0. The molecule has 22 heavy (non-hydrogen) atoms. The molecule has 0 heterocycles. The molecule has 0 spiro atoms. The zero-order chi connectivity index (χ0) is 17.2. The molecule has 7 heteroatoms. The van der Waals surface area contributed by atoms with Crippen molar-refractivity contribution in [2.45, 2.75) is 43.8 Å². The van der Waals surface area contributed by atoms with Gasteiger partial charge in [0.25, 0.3) is 18.2 Å². The number of rotatable bonds is 4. The maximum atomic E-state index is 12.5. The topological polar surface area (TPSA) is 79.8 Å². The van der Waals surface area contributed by atoms with Crippen molar-refractivity contribution < 1.29 is 17.6 Å². The van der Waals surface area contributed by atoms with Crippen LogP contribution in [0.15, 0.2) is 47.6 Å². The van der Waals surface area contributed by atoms with Crippen LogP contribution in [0.1, 0.15) is 20.8 Å². The molecule has 0 bridgehead atoms. The van der Waals surface area contributed by atoms with Gasteiger partial charge >= 0.3 is 5.04 Å². The third kappa shape index (κ3) is 3.74. The quantitative estimate of drug-likeness (QED) is 0.210. The Kier molecular flexibility index (Phi) is 5.17. The molecule has 0 amide bonds. The Morgan fingerprint density at radius 2 is 1.73 bits per heavy atom. The second-order valence-electron chi connectivity index (χ2n) is 6.51. The maximum absolute atomic E-state index is 12.5. The van der Waals surface area contributed by atoms with Crippen LogP contribution >= 0.6 is 0 Å². The Bertz CT molecular complexity index is 713. The molecule has 0 atom stereocenters. The first kappa shape index (κ1) is 18.4. The van der Waals surface area contributed by atoms with Gasteiger partial charge in [0.15, 0.2) is 0 Å². The third-order valence-electron chi connectivity index (χ3n) is 3.82. The van der Waals surface area contributed by atoms with Crippen molar-refractivity contribution in [3.8, 4) is 0 Å². The molecule has 0 aliphatic heterocycles. The van der Waals surface area contributed by atoms with Gasteiger partial charge in [0.1, 0.15) is 0 Å². The van der Waals surface area contributed by atoms with Crippen LogP contribution in [0, 0.1) is 0 Å². The first-order valence-electron chi connectivity index (χ1n) is 6.84. The van der Waals surface area contributed by atoms with Crippen molar-refractivity contribution >= 4 is 23.2 Å². The molecular weight excluding hydrogens is 316 g/mol. The van der Waals surface area contributed by atoms with E-state index in [1.54, 1.807) is 18.2 Å². The van der Waals surface area contributed by atoms with Crippen LogP contribution in [0.3, 0.4) is 0 Å². The van der Waals surface area contributed by atoms with Gasteiger partial charge < -0.3 is 9.96 Å². The van der Waals surface area contributed by atoms with Crippen LogP contribution in [0.4, 0.5) is 0 Å². The van der Waals surface area contributed by atoms with E-state index in [9.17, 15) is 13.9 Å². The summed E-state index contributed by atoms with van der Waals surface area (Å²) < 4.78 is 30.9. The van der Waals surface area contributed by atoms with Crippen molar-refractivity contribution in [3.05, 3.63) is 48.2 Å². The van der Waals surface area contributed by atoms with E-state index in [0.29, 0.717) is 0 Å². The van der Waals surface area contributed by atoms with Gasteiger partial charge in [-0.15, -0.1) is 4.79 Å². The SMILES string of the molecule is C=C(O[Si](C)(C)C(C)(C)C)C(=[N+]=[N-])S(=O)(=O)c1ccccc1. The molecular formula is C15H22N2O3SSi. The number of nitrogens with zero attached hydrogens (tertiary/aromatic N) is 2. The molecule has 0 radical (unpaired) electrons. The summed E-state index contributed by atoms with van der Waals surface area (Å²) in [7, 11) is -6.25. The molecule has 5 nitrogen and oxygen atoms in total. The van der Waals surface area contributed by atoms with E-state index < -0.39 is 23.2 Å². The zero-order valence-corrected chi connectivity index (χ0v) is 15.4. The van der Waals surface area contributed by atoms with Crippen molar-refractivity contribution in [2.75, 3.05) is 0 Å². The molecule has 0 aliphatic rings. The number of hydrogen-bond acceptors (Lipinski definition) is 3. The van der Waals surface area contributed by atoms with Gasteiger partial charge in [0.05, 0.1) is 4.90 Å². The summed E-state index contributed by atoms with van der Waals surface area (Å²) in [5.74, 6) is -0.127. The lowest BCUT2D eigenvalue weighted by Crippen LogP contribution is -2.42. The predicted octanol–water partition coefficient (Wildman–Crippen LogP) is 3.62. The van der Waals surface area contributed by atoms with E-state index in [-0.39, 0.29) is 15.7 Å². The fourth-order valence-electron chi connectivity index (χ4n) is 1.48. The molecule has 1 aromatic rings. The molecule has 0 unspecified atom stereocenters. The van der Waals surface area contributed by atoms with Crippen molar-refractivity contribution in [2.24, 2.45) is 0 Å². The van der Waals surface area contributed by atoms with Crippen LogP contribution in [0.2, 0.25) is 18.1 Å². The summed E-state index contributed by atoms with van der Waals surface area (Å²) in [5.41, 5.74) is 9.18. The van der Waals surface area contributed by atoms with Gasteiger partial charge in [0.2, 0.25) is 5.76 Å². The molecule has 0 fully saturated rings. The summed E-state index contributed by atoms with van der Waals surface area (Å²) in [4.78, 5) is 2.96. The Morgan fingerprint density at radius 1 is 1.23 bits per heavy atom. The van der Waals surface area contributed by atoms with Crippen molar-refractivity contribution in [1.29, 1.82) is 0 Å². The number of benzene rings is 1. The highest BCUT2D eigenvalue weighted by molar-refractivity contribution is 8.06. The first-order valence-corrected chi connectivity index (χ1v) is 11.2. The lowest BCUT2D eigenvalue weighted by Gasteiger charge is -2.36. The highest BCUT2D eigenvalue weighted by Crippen LogP contribution is 2.38. The van der Waals surface area contributed by atoms with E-state index in [1.165, 1.54) is 12.1 Å². The van der Waals surface area contributed by atoms with Gasteiger partial charge in [-0.2, -0.15) is 0 Å². The minimum Gasteiger partial charge on any atom is -0.538 e. The van der Waals surface area contributed by atoms with Crippen molar-refractivity contribution in [3.63, 3.8) is 0 Å². The highest BCUT2D eigenvalue weighted by atomic mass is 32.2. The lowest BCUT2D eigenvalue weighted by molar-refractivity contribution is -0.00248. The molecule has 0 N–H and O–H groups in total. The second-order valence-corrected chi connectivity index (χ2v) is 13.1. The van der Waals surface area contributed by atoms with Crippen LogP contribution in [-0.2, 0) is 14.3 Å². The predicted molar refractivity (Wildman–Crippen MR) is 89.7 cm³/mol. The number of hydrogen-bond donors (Lipinski definition) is 0. The fraction of sp³-hybridized carbons (Fsp3) is 0.400. The highest BCUT2D eigenvalue weighted by Gasteiger charge is 2.43. The average molecular weight is 339 g/mol. The van der Waals surface area contributed by atoms with E-state index >= 15 is 0 Å². The van der Waals surface area contributed by atoms with Gasteiger partial charge in [0, 0.05) is 0 Å². The van der Waals surface area contributed by atoms with Gasteiger partial charge in [-0.05, 0) is 36.8 Å². The Hall–Kier alpha value is -1.69. The number of sulfone groups is 1. The van der Waals surface area contributed by atoms with E-state index in [1.807, 2.05) is 33.9 Å². The molecule has 120 valence electrons. The molecule has 1 rings (SSSR count). The molecule has 0 aliphatic carbocycles. The van der Waals surface area contributed by atoms with Crippen LogP contribution < -0.4 is 0 Å². The molecule has 0 aromatic heterocycles. The zero-order valence-electron chi connectivity index (χ0n) is 13.6. The Labute approximate surface area is 133 Å². The second kappa shape index (κ2) is 6.20. The van der Waals surface area contributed by atoms with Gasteiger partial charge in [-0.3, -0.25) is 0 Å². The van der Waals surface area contributed by atoms with E-state index in [4.69, 9.17) is 4.43 Å². The summed E-state index contributed by atoms with van der Waals surface area (Å²) in [5, 5.41) is -0.684. The van der Waals surface area contributed by atoms with E-state index in [2.05, 4.69) is 11.4 Å². The van der Waals surface area contributed by atoms with E-state index in [0.717, 1.165) is 0 Å². The summed E-state index contributed by atoms with van der Waals surface area (Å²) in [6, 6.07) is 7.76. The third-order valence-corrected chi connectivity index (χ3v) is 9.90. The smallest absolute Gasteiger partial charge is 0.448 e. The molecule has 1 aromatic carbocycles. The monoisotopic (exact) mass is 338 g/mol. The minimum absolute atomic E-state index is 0.0304. The fourth-order valence-corrected chi connectivity index (χ4v) is 3.76. The lowest BCUT2D eigenvalue weighted by atomic mass is 10.2. The first-order chi connectivity index (χ1) is 9.93. The molecule has 0 saturated heterocycles. The summed E-state index contributed by atoms with van der Waals surface area (Å²) in [6.45, 7) is 13.6. The van der Waals surface area contributed by atoms with Crippen LogP contribution in [-0.4, -0.2) is 26.6 Å². The maximum Gasteiger partial charge on any atom is 0.448 e. The normalized spacial score (nSPS) is 12.4. The Balaban J connectivity index is 3.19. The molecule has 0 saturated carbocycles. The Morgan fingerprint density at radius 3 is 2.14 bits per heavy atom. The van der Waals surface area contributed by atoms with Gasteiger partial charge in [-0.25, -0.2) is 8.42 Å². The van der Waals surface area contributed by atoms with Crippen molar-refractivity contribution in [1.82, 2.24) is 0 Å². The van der Waals surface area contributed by atoms with Crippen LogP contribution in [0.5, 0.6) is 0 Å². The minimum atomic E-state index is -3.97. The average Bonchev–Trinajstić information content (AvgIpc) is 2.38. The summed E-state index contributed by atoms with van der Waals surface area (Å²) in [6.07, 6.45) is 0.